The van der Waals surface area contributed by atoms with Gasteiger partial charge in [0.15, 0.2) is 0 Å². The fourth-order valence-corrected chi connectivity index (χ4v) is 2.33. The van der Waals surface area contributed by atoms with E-state index >= 15 is 0 Å². The van der Waals surface area contributed by atoms with Crippen LogP contribution < -0.4 is 5.32 Å². The molecule has 0 aliphatic carbocycles. The molecule has 0 aromatic heterocycles. The molecule has 1 unspecified atom stereocenters. The molecule has 2 aromatic rings. The number of nitrogens with one attached hydrogen (secondary N) is 1. The average molecular weight is 308 g/mol. The van der Waals surface area contributed by atoms with Gasteiger partial charge in [-0.25, -0.2) is 9.18 Å². The van der Waals surface area contributed by atoms with Crippen molar-refractivity contribution in [1.29, 1.82) is 0 Å². The van der Waals surface area contributed by atoms with Crippen LogP contribution in [0.15, 0.2) is 42.5 Å². The molecule has 0 heterocycles. The van der Waals surface area contributed by atoms with E-state index in [4.69, 9.17) is 11.6 Å². The quantitative estimate of drug-likeness (QED) is 0.849. The summed E-state index contributed by atoms with van der Waals surface area (Å²) in [5.74, 6) is -0.741. The molecule has 0 fully saturated rings. The minimum absolute atomic E-state index is 0.0953. The fraction of sp³-hybridized carbons (Fsp3) is 0.188. The van der Waals surface area contributed by atoms with E-state index in [9.17, 15) is 9.18 Å². The molecule has 2 rings (SSSR count). The summed E-state index contributed by atoms with van der Waals surface area (Å²) in [5, 5.41) is 3.62. The van der Waals surface area contributed by atoms with Crippen molar-refractivity contribution in [3.8, 4) is 0 Å². The Morgan fingerprint density at radius 2 is 1.90 bits per heavy atom. The van der Waals surface area contributed by atoms with Gasteiger partial charge in [0.2, 0.25) is 0 Å². The fourth-order valence-electron chi connectivity index (χ4n) is 2.00. The Hall–Kier alpha value is -2.07. The summed E-state index contributed by atoms with van der Waals surface area (Å²) in [4.78, 5) is 11.3. The third-order valence-corrected chi connectivity index (χ3v) is 3.45. The highest BCUT2D eigenvalue weighted by molar-refractivity contribution is 6.31. The Kier molecular flexibility index (Phi) is 4.81. The second kappa shape index (κ2) is 6.59. The molecule has 0 saturated carbocycles. The zero-order valence-electron chi connectivity index (χ0n) is 11.7. The third-order valence-electron chi connectivity index (χ3n) is 3.12. The van der Waals surface area contributed by atoms with Crippen molar-refractivity contribution in [2.45, 2.75) is 13.0 Å². The molecule has 0 bridgehead atoms. The Labute approximate surface area is 127 Å². The normalized spacial score (nSPS) is 11.8. The maximum absolute atomic E-state index is 13.0. The topological polar surface area (TPSA) is 38.3 Å². The second-order valence-electron chi connectivity index (χ2n) is 4.60. The van der Waals surface area contributed by atoms with Gasteiger partial charge in [-0.05, 0) is 48.9 Å². The summed E-state index contributed by atoms with van der Waals surface area (Å²) in [7, 11) is 1.34. The summed E-state index contributed by atoms with van der Waals surface area (Å²) in [6.07, 6.45) is 0. The minimum Gasteiger partial charge on any atom is -0.465 e. The van der Waals surface area contributed by atoms with Crippen molar-refractivity contribution in [2.24, 2.45) is 0 Å². The molecular formula is C16H15ClFNO2. The van der Waals surface area contributed by atoms with Gasteiger partial charge in [0.25, 0.3) is 0 Å². The molecule has 5 heteroatoms. The van der Waals surface area contributed by atoms with Crippen molar-refractivity contribution in [3.63, 3.8) is 0 Å². The predicted molar refractivity (Wildman–Crippen MR) is 81.2 cm³/mol. The lowest BCUT2D eigenvalue weighted by Crippen LogP contribution is -2.08. The number of methoxy groups -OCH3 is 1. The standard InChI is InChI=1S/C16H15ClFNO2/c1-10(14-8-5-12(18)9-15(14)17)19-13-6-3-11(4-7-13)16(20)21-2/h3-10,19H,1-2H3. The van der Waals surface area contributed by atoms with Gasteiger partial charge < -0.3 is 10.1 Å². The van der Waals surface area contributed by atoms with Crippen LogP contribution >= 0.6 is 11.6 Å². The van der Waals surface area contributed by atoms with Gasteiger partial charge in [-0.15, -0.1) is 0 Å². The van der Waals surface area contributed by atoms with E-state index in [0.29, 0.717) is 10.6 Å². The molecule has 0 radical (unpaired) electrons. The van der Waals surface area contributed by atoms with Crippen LogP contribution in [0.4, 0.5) is 10.1 Å². The molecular weight excluding hydrogens is 293 g/mol. The average Bonchev–Trinajstić information content (AvgIpc) is 2.47. The second-order valence-corrected chi connectivity index (χ2v) is 5.01. The molecule has 2 aromatic carbocycles. The number of hydrogen-bond acceptors (Lipinski definition) is 3. The molecule has 0 amide bonds. The molecule has 0 saturated heterocycles. The Balaban J connectivity index is 2.12. The molecule has 1 N–H and O–H groups in total. The molecule has 110 valence electrons. The van der Waals surface area contributed by atoms with Crippen molar-refractivity contribution >= 4 is 23.3 Å². The maximum Gasteiger partial charge on any atom is 0.337 e. The van der Waals surface area contributed by atoms with E-state index < -0.39 is 0 Å². The van der Waals surface area contributed by atoms with E-state index in [1.807, 2.05) is 6.92 Å². The van der Waals surface area contributed by atoms with Gasteiger partial charge in [-0.2, -0.15) is 0 Å². The van der Waals surface area contributed by atoms with E-state index in [1.165, 1.54) is 19.2 Å². The van der Waals surface area contributed by atoms with Gasteiger partial charge in [0, 0.05) is 16.8 Å². The number of rotatable bonds is 4. The van der Waals surface area contributed by atoms with E-state index in [0.717, 1.165) is 11.3 Å². The molecule has 1 atom stereocenters. The Morgan fingerprint density at radius 3 is 2.48 bits per heavy atom. The summed E-state index contributed by atoms with van der Waals surface area (Å²) < 4.78 is 17.7. The molecule has 0 spiro atoms. The van der Waals surface area contributed by atoms with Crippen molar-refractivity contribution in [1.82, 2.24) is 0 Å². The van der Waals surface area contributed by atoms with Crippen LogP contribution in [-0.2, 0) is 4.74 Å². The number of halogens is 2. The molecule has 3 nitrogen and oxygen atoms in total. The first-order chi connectivity index (χ1) is 10.0. The highest BCUT2D eigenvalue weighted by Gasteiger charge is 2.11. The number of carbonyl (C=O) groups is 1. The molecule has 0 aliphatic rings. The zero-order valence-corrected chi connectivity index (χ0v) is 12.4. The maximum atomic E-state index is 13.0. The largest absolute Gasteiger partial charge is 0.465 e. The van der Waals surface area contributed by atoms with Crippen LogP contribution in [0.3, 0.4) is 0 Å². The van der Waals surface area contributed by atoms with Gasteiger partial charge in [-0.3, -0.25) is 0 Å². The highest BCUT2D eigenvalue weighted by Crippen LogP contribution is 2.26. The predicted octanol–water partition coefficient (Wildman–Crippen LogP) is 4.44. The first-order valence-electron chi connectivity index (χ1n) is 6.41. The van der Waals surface area contributed by atoms with Gasteiger partial charge in [0.1, 0.15) is 5.82 Å². The molecule has 21 heavy (non-hydrogen) atoms. The lowest BCUT2D eigenvalue weighted by atomic mass is 10.1. The highest BCUT2D eigenvalue weighted by atomic mass is 35.5. The van der Waals surface area contributed by atoms with Crippen molar-refractivity contribution in [2.75, 3.05) is 12.4 Å². The smallest absolute Gasteiger partial charge is 0.337 e. The molecule has 0 aliphatic heterocycles. The van der Waals surface area contributed by atoms with E-state index in [-0.39, 0.29) is 17.8 Å². The SMILES string of the molecule is COC(=O)c1ccc(NC(C)c2ccc(F)cc2Cl)cc1. The zero-order chi connectivity index (χ0) is 15.4. The summed E-state index contributed by atoms with van der Waals surface area (Å²) in [6.45, 7) is 1.92. The summed E-state index contributed by atoms with van der Waals surface area (Å²) >= 11 is 6.04. The number of ether oxygens (including phenoxy) is 1. The van der Waals surface area contributed by atoms with Crippen LogP contribution in [0.2, 0.25) is 5.02 Å². The lowest BCUT2D eigenvalue weighted by Gasteiger charge is -2.17. The summed E-state index contributed by atoms with van der Waals surface area (Å²) in [5.41, 5.74) is 2.11. The van der Waals surface area contributed by atoms with Gasteiger partial charge >= 0.3 is 5.97 Å². The van der Waals surface area contributed by atoms with Gasteiger partial charge in [-0.1, -0.05) is 17.7 Å². The number of carbonyl (C=O) groups excluding carboxylic acids is 1. The number of esters is 1. The van der Waals surface area contributed by atoms with Crippen LogP contribution in [0.5, 0.6) is 0 Å². The van der Waals surface area contributed by atoms with E-state index in [1.54, 1.807) is 30.3 Å². The van der Waals surface area contributed by atoms with Crippen LogP contribution in [0.1, 0.15) is 28.9 Å². The van der Waals surface area contributed by atoms with Gasteiger partial charge in [0.05, 0.1) is 12.7 Å². The Morgan fingerprint density at radius 1 is 1.24 bits per heavy atom. The van der Waals surface area contributed by atoms with Crippen LogP contribution in [0, 0.1) is 5.82 Å². The third kappa shape index (κ3) is 3.73. The van der Waals surface area contributed by atoms with Crippen LogP contribution in [0.25, 0.3) is 0 Å². The number of hydrogen-bond donors (Lipinski definition) is 1. The first kappa shape index (κ1) is 15.3. The van der Waals surface area contributed by atoms with Crippen molar-refractivity contribution < 1.29 is 13.9 Å². The Bertz CT molecular complexity index is 643. The summed E-state index contributed by atoms with van der Waals surface area (Å²) in [6, 6.07) is 11.1. The van der Waals surface area contributed by atoms with Crippen molar-refractivity contribution in [3.05, 3.63) is 64.4 Å². The van der Waals surface area contributed by atoms with E-state index in [2.05, 4.69) is 10.1 Å². The number of benzene rings is 2. The first-order valence-corrected chi connectivity index (χ1v) is 6.79. The monoisotopic (exact) mass is 307 g/mol. The van der Waals surface area contributed by atoms with Crippen LogP contribution in [-0.4, -0.2) is 13.1 Å². The number of anilines is 1. The minimum atomic E-state index is -0.379. The lowest BCUT2D eigenvalue weighted by molar-refractivity contribution is 0.0601.